The standard InChI is InChI=1S/C22H15ClN2O4S/c1-29-15-8-6-13(7-9-15)18-11-17-19(30-18)21(26)25-20(24-17)16(23)10-12-2-4-14(5-3-12)22(27)28/h2-11H,1H3,(H,27,28)(H,24,25,26). The Morgan fingerprint density at radius 2 is 1.87 bits per heavy atom. The van der Waals surface area contributed by atoms with Crippen LogP contribution in [-0.4, -0.2) is 28.2 Å². The summed E-state index contributed by atoms with van der Waals surface area (Å²) in [4.78, 5) is 31.6. The van der Waals surface area contributed by atoms with Crippen molar-refractivity contribution in [1.82, 2.24) is 9.97 Å². The number of aromatic amines is 1. The molecule has 0 aliphatic heterocycles. The normalized spacial score (nSPS) is 11.6. The molecule has 30 heavy (non-hydrogen) atoms. The number of carboxylic acids is 1. The summed E-state index contributed by atoms with van der Waals surface area (Å²) in [7, 11) is 1.61. The number of nitrogens with zero attached hydrogens (tertiary/aromatic N) is 1. The van der Waals surface area contributed by atoms with E-state index in [1.54, 1.807) is 25.3 Å². The van der Waals surface area contributed by atoms with Gasteiger partial charge in [-0.3, -0.25) is 4.79 Å². The molecule has 0 spiro atoms. The molecule has 8 heteroatoms. The van der Waals surface area contributed by atoms with Crippen LogP contribution < -0.4 is 10.3 Å². The number of thiophene rings is 1. The predicted octanol–water partition coefficient (Wildman–Crippen LogP) is 5.10. The largest absolute Gasteiger partial charge is 0.497 e. The zero-order valence-corrected chi connectivity index (χ0v) is 17.3. The molecule has 0 fully saturated rings. The van der Waals surface area contributed by atoms with E-state index in [0.29, 0.717) is 15.8 Å². The molecule has 4 rings (SSSR count). The number of aromatic carboxylic acids is 1. The Hall–Kier alpha value is -3.42. The number of methoxy groups -OCH3 is 1. The predicted molar refractivity (Wildman–Crippen MR) is 119 cm³/mol. The van der Waals surface area contributed by atoms with Gasteiger partial charge in [-0.1, -0.05) is 23.7 Å². The van der Waals surface area contributed by atoms with Crippen LogP contribution in [0.3, 0.4) is 0 Å². The summed E-state index contributed by atoms with van der Waals surface area (Å²) in [5, 5.41) is 9.23. The third-order valence-corrected chi connectivity index (χ3v) is 5.89. The van der Waals surface area contributed by atoms with E-state index in [-0.39, 0.29) is 22.0 Å². The lowest BCUT2D eigenvalue weighted by molar-refractivity contribution is 0.0697. The molecular formula is C22H15ClN2O4S. The fourth-order valence-corrected chi connectivity index (χ4v) is 4.10. The van der Waals surface area contributed by atoms with Crippen LogP contribution in [0.5, 0.6) is 5.75 Å². The first-order chi connectivity index (χ1) is 14.4. The molecule has 0 radical (unpaired) electrons. The van der Waals surface area contributed by atoms with E-state index >= 15 is 0 Å². The van der Waals surface area contributed by atoms with E-state index < -0.39 is 5.97 Å². The fraction of sp³-hybridized carbons (Fsp3) is 0.0455. The van der Waals surface area contributed by atoms with Gasteiger partial charge in [-0.05, 0) is 59.7 Å². The SMILES string of the molecule is COc1ccc(-c2cc3nc(C(Cl)=Cc4ccc(C(=O)O)cc4)[nH]c(=O)c3s2)cc1. The molecule has 0 bridgehead atoms. The molecule has 2 aromatic carbocycles. The minimum atomic E-state index is -1.00. The highest BCUT2D eigenvalue weighted by Gasteiger charge is 2.12. The molecule has 2 aromatic heterocycles. The molecule has 2 N–H and O–H groups in total. The Morgan fingerprint density at radius 1 is 1.17 bits per heavy atom. The van der Waals surface area contributed by atoms with E-state index in [2.05, 4.69) is 9.97 Å². The van der Waals surface area contributed by atoms with Crippen LogP contribution >= 0.6 is 22.9 Å². The highest BCUT2D eigenvalue weighted by Crippen LogP contribution is 2.32. The van der Waals surface area contributed by atoms with E-state index in [9.17, 15) is 9.59 Å². The van der Waals surface area contributed by atoms with E-state index in [4.69, 9.17) is 21.4 Å². The number of fused-ring (bicyclic) bond motifs is 1. The van der Waals surface area contributed by atoms with Crippen molar-refractivity contribution in [1.29, 1.82) is 0 Å². The van der Waals surface area contributed by atoms with E-state index in [1.165, 1.54) is 23.5 Å². The number of ether oxygens (including phenoxy) is 1. The molecule has 2 heterocycles. The monoisotopic (exact) mass is 438 g/mol. The number of rotatable bonds is 5. The van der Waals surface area contributed by atoms with Crippen molar-refractivity contribution >= 4 is 50.2 Å². The first-order valence-electron chi connectivity index (χ1n) is 8.84. The second-order valence-electron chi connectivity index (χ2n) is 6.39. The van der Waals surface area contributed by atoms with E-state index in [0.717, 1.165) is 16.2 Å². The van der Waals surface area contributed by atoms with Crippen LogP contribution in [-0.2, 0) is 0 Å². The first kappa shape index (κ1) is 19.9. The Morgan fingerprint density at radius 3 is 2.50 bits per heavy atom. The lowest BCUT2D eigenvalue weighted by Gasteiger charge is -2.00. The number of benzene rings is 2. The summed E-state index contributed by atoms with van der Waals surface area (Å²) in [6, 6.07) is 15.7. The molecule has 0 unspecified atom stereocenters. The van der Waals surface area contributed by atoms with Crippen LogP contribution in [0.2, 0.25) is 0 Å². The molecule has 0 aliphatic rings. The molecule has 0 amide bonds. The van der Waals surface area contributed by atoms with Crippen LogP contribution in [0.1, 0.15) is 21.7 Å². The lowest BCUT2D eigenvalue weighted by atomic mass is 10.1. The number of H-pyrrole nitrogens is 1. The third kappa shape index (κ3) is 3.98. The Bertz CT molecular complexity index is 1320. The van der Waals surface area contributed by atoms with Gasteiger partial charge in [0.1, 0.15) is 10.4 Å². The fourth-order valence-electron chi connectivity index (χ4n) is 2.89. The van der Waals surface area contributed by atoms with Gasteiger partial charge in [0, 0.05) is 4.88 Å². The lowest BCUT2D eigenvalue weighted by Crippen LogP contribution is -2.08. The summed E-state index contributed by atoms with van der Waals surface area (Å²) in [5.74, 6) is 0.000168. The maximum atomic E-state index is 12.6. The second kappa shape index (κ2) is 8.14. The van der Waals surface area contributed by atoms with Crippen LogP contribution in [0.4, 0.5) is 0 Å². The molecule has 0 aliphatic carbocycles. The Labute approximate surface area is 180 Å². The van der Waals surface area contributed by atoms with Crippen molar-refractivity contribution in [3.05, 3.63) is 81.9 Å². The van der Waals surface area contributed by atoms with Gasteiger partial charge >= 0.3 is 5.97 Å². The zero-order chi connectivity index (χ0) is 21.3. The van der Waals surface area contributed by atoms with Crippen molar-refractivity contribution in [2.45, 2.75) is 0 Å². The molecular weight excluding hydrogens is 424 g/mol. The Balaban J connectivity index is 1.69. The quantitative estimate of drug-likeness (QED) is 0.452. The molecule has 150 valence electrons. The van der Waals surface area contributed by atoms with Crippen molar-refractivity contribution in [3.63, 3.8) is 0 Å². The van der Waals surface area contributed by atoms with Crippen molar-refractivity contribution in [2.75, 3.05) is 7.11 Å². The number of carbonyl (C=O) groups is 1. The average molecular weight is 439 g/mol. The molecule has 0 atom stereocenters. The number of hydrogen-bond donors (Lipinski definition) is 2. The smallest absolute Gasteiger partial charge is 0.335 e. The average Bonchev–Trinajstić information content (AvgIpc) is 3.19. The van der Waals surface area contributed by atoms with Gasteiger partial charge in [0.15, 0.2) is 5.82 Å². The van der Waals surface area contributed by atoms with Gasteiger partial charge in [-0.15, -0.1) is 11.3 Å². The van der Waals surface area contributed by atoms with Gasteiger partial charge in [0.2, 0.25) is 0 Å². The minimum Gasteiger partial charge on any atom is -0.497 e. The summed E-state index contributed by atoms with van der Waals surface area (Å²) in [6.45, 7) is 0. The number of hydrogen-bond acceptors (Lipinski definition) is 5. The number of nitrogens with one attached hydrogen (secondary N) is 1. The highest BCUT2D eigenvalue weighted by atomic mass is 35.5. The number of carboxylic acid groups (broad SMARTS) is 1. The maximum absolute atomic E-state index is 12.6. The molecule has 0 saturated heterocycles. The van der Waals surface area contributed by atoms with Gasteiger partial charge in [0.05, 0.1) is 23.2 Å². The minimum absolute atomic E-state index is 0.181. The topological polar surface area (TPSA) is 92.3 Å². The molecule has 6 nitrogen and oxygen atoms in total. The van der Waals surface area contributed by atoms with Crippen LogP contribution in [0.15, 0.2) is 59.4 Å². The first-order valence-corrected chi connectivity index (χ1v) is 10.0. The second-order valence-corrected chi connectivity index (χ2v) is 7.85. The number of aromatic nitrogens is 2. The van der Waals surface area contributed by atoms with E-state index in [1.807, 2.05) is 30.3 Å². The van der Waals surface area contributed by atoms with Crippen molar-refractivity contribution in [2.24, 2.45) is 0 Å². The van der Waals surface area contributed by atoms with Crippen LogP contribution in [0.25, 0.3) is 31.8 Å². The summed E-state index contributed by atoms with van der Waals surface area (Å²) in [5.41, 5.74) is 2.11. The van der Waals surface area contributed by atoms with Gasteiger partial charge < -0.3 is 14.8 Å². The Kier molecular flexibility index (Phi) is 5.39. The van der Waals surface area contributed by atoms with Crippen molar-refractivity contribution < 1.29 is 14.6 Å². The number of halogens is 1. The maximum Gasteiger partial charge on any atom is 0.335 e. The van der Waals surface area contributed by atoms with Gasteiger partial charge in [0.25, 0.3) is 5.56 Å². The third-order valence-electron chi connectivity index (χ3n) is 4.43. The highest BCUT2D eigenvalue weighted by molar-refractivity contribution is 7.22. The zero-order valence-electron chi connectivity index (χ0n) is 15.7. The van der Waals surface area contributed by atoms with Crippen LogP contribution in [0, 0.1) is 0 Å². The summed E-state index contributed by atoms with van der Waals surface area (Å²) < 4.78 is 5.69. The van der Waals surface area contributed by atoms with Gasteiger partial charge in [-0.25, -0.2) is 9.78 Å². The summed E-state index contributed by atoms with van der Waals surface area (Å²) in [6.07, 6.45) is 1.62. The van der Waals surface area contributed by atoms with Gasteiger partial charge in [-0.2, -0.15) is 0 Å². The molecule has 0 saturated carbocycles. The molecule has 4 aromatic rings. The van der Waals surface area contributed by atoms with Crippen molar-refractivity contribution in [3.8, 4) is 16.2 Å². The summed E-state index contributed by atoms with van der Waals surface area (Å²) >= 11 is 7.73.